The monoisotopic (exact) mass is 271 g/mol. The molecule has 0 fully saturated rings. The Balaban J connectivity index is 2.16. The lowest BCUT2D eigenvalue weighted by atomic mass is 10.1. The highest BCUT2D eigenvalue weighted by molar-refractivity contribution is 6.24. The number of aromatic nitrogens is 3. The topological polar surface area (TPSA) is 33.6 Å². The summed E-state index contributed by atoms with van der Waals surface area (Å²) in [5.41, 5.74) is 4.81. The van der Waals surface area contributed by atoms with E-state index >= 15 is 0 Å². The molecular formula is C18H13N3. The van der Waals surface area contributed by atoms with Crippen molar-refractivity contribution in [1.82, 2.24) is 14.5 Å². The fraction of sp³-hybridized carbons (Fsp3) is 0.0556. The van der Waals surface area contributed by atoms with Crippen LogP contribution in [-0.4, -0.2) is 14.5 Å². The number of hydrogen-bond acceptors (Lipinski definition) is 1. The van der Waals surface area contributed by atoms with Gasteiger partial charge in [0.2, 0.25) is 0 Å². The van der Waals surface area contributed by atoms with Crippen molar-refractivity contribution in [3.05, 3.63) is 54.9 Å². The maximum Gasteiger partial charge on any atom is 0.0651 e. The average molecular weight is 271 g/mol. The number of H-pyrrole nitrogens is 1. The second-order valence-electron chi connectivity index (χ2n) is 5.50. The number of nitrogens with one attached hydrogen (secondary N) is 1. The summed E-state index contributed by atoms with van der Waals surface area (Å²) in [6, 6.07) is 15.1. The summed E-state index contributed by atoms with van der Waals surface area (Å²) >= 11 is 0. The summed E-state index contributed by atoms with van der Waals surface area (Å²) in [6.45, 7) is 0. The molecule has 0 unspecified atom stereocenters. The van der Waals surface area contributed by atoms with Gasteiger partial charge in [-0.2, -0.15) is 0 Å². The molecule has 21 heavy (non-hydrogen) atoms. The van der Waals surface area contributed by atoms with E-state index in [4.69, 9.17) is 0 Å². The molecule has 0 atom stereocenters. The van der Waals surface area contributed by atoms with E-state index in [9.17, 15) is 0 Å². The Morgan fingerprint density at radius 2 is 1.81 bits per heavy atom. The van der Waals surface area contributed by atoms with Crippen molar-refractivity contribution in [2.75, 3.05) is 0 Å². The quantitative estimate of drug-likeness (QED) is 0.446. The van der Waals surface area contributed by atoms with Gasteiger partial charge in [0.25, 0.3) is 0 Å². The van der Waals surface area contributed by atoms with Crippen LogP contribution in [0.25, 0.3) is 43.6 Å². The van der Waals surface area contributed by atoms with Crippen LogP contribution in [0.3, 0.4) is 0 Å². The SMILES string of the molecule is Cn1c2ccccc2c2c3[nH]c4cnccc4c3ccc21. The fourth-order valence-electron chi connectivity index (χ4n) is 3.47. The Labute approximate surface area is 120 Å². The second-order valence-corrected chi connectivity index (χ2v) is 5.50. The molecule has 1 N–H and O–H groups in total. The van der Waals surface area contributed by atoms with Gasteiger partial charge in [-0.25, -0.2) is 0 Å². The average Bonchev–Trinajstić information content (AvgIpc) is 3.04. The van der Waals surface area contributed by atoms with E-state index in [2.05, 4.69) is 64.0 Å². The van der Waals surface area contributed by atoms with Gasteiger partial charge in [-0.15, -0.1) is 0 Å². The third kappa shape index (κ3) is 1.26. The van der Waals surface area contributed by atoms with Crippen LogP contribution in [0.4, 0.5) is 0 Å². The van der Waals surface area contributed by atoms with E-state index in [1.807, 2.05) is 12.4 Å². The first-order valence-corrected chi connectivity index (χ1v) is 7.06. The molecule has 0 bridgehead atoms. The molecule has 0 aliphatic carbocycles. The molecule has 5 aromatic rings. The van der Waals surface area contributed by atoms with Gasteiger partial charge in [0.1, 0.15) is 0 Å². The van der Waals surface area contributed by atoms with Crippen LogP contribution in [0.15, 0.2) is 54.9 Å². The minimum atomic E-state index is 1.09. The van der Waals surface area contributed by atoms with Gasteiger partial charge in [0.05, 0.1) is 22.7 Å². The number of fused-ring (bicyclic) bond motifs is 7. The van der Waals surface area contributed by atoms with Gasteiger partial charge in [0, 0.05) is 40.3 Å². The van der Waals surface area contributed by atoms with Crippen molar-refractivity contribution in [2.24, 2.45) is 7.05 Å². The van der Waals surface area contributed by atoms with E-state index in [1.54, 1.807) is 0 Å². The zero-order valence-corrected chi connectivity index (χ0v) is 11.6. The Morgan fingerprint density at radius 3 is 2.76 bits per heavy atom. The van der Waals surface area contributed by atoms with Gasteiger partial charge in [-0.3, -0.25) is 4.98 Å². The predicted octanol–water partition coefficient (Wildman–Crippen LogP) is 4.36. The minimum Gasteiger partial charge on any atom is -0.353 e. The molecule has 0 saturated carbocycles. The van der Waals surface area contributed by atoms with Crippen molar-refractivity contribution >= 4 is 43.6 Å². The Kier molecular flexibility index (Phi) is 1.89. The maximum absolute atomic E-state index is 4.22. The normalized spacial score (nSPS) is 12.0. The van der Waals surface area contributed by atoms with Crippen LogP contribution < -0.4 is 0 Å². The largest absolute Gasteiger partial charge is 0.353 e. The zero-order chi connectivity index (χ0) is 14.0. The smallest absolute Gasteiger partial charge is 0.0651 e. The first-order chi connectivity index (χ1) is 10.3. The van der Waals surface area contributed by atoms with Crippen molar-refractivity contribution in [3.8, 4) is 0 Å². The summed E-state index contributed by atoms with van der Waals surface area (Å²) in [4.78, 5) is 7.77. The second kappa shape index (κ2) is 3.64. The van der Waals surface area contributed by atoms with Crippen LogP contribution in [0.1, 0.15) is 0 Å². The Hall–Kier alpha value is -2.81. The van der Waals surface area contributed by atoms with Crippen molar-refractivity contribution in [2.45, 2.75) is 0 Å². The molecule has 0 spiro atoms. The number of aryl methyl sites for hydroxylation is 1. The molecule has 0 aliphatic rings. The van der Waals surface area contributed by atoms with Gasteiger partial charge < -0.3 is 9.55 Å². The van der Waals surface area contributed by atoms with Crippen molar-refractivity contribution < 1.29 is 0 Å². The molecule has 0 amide bonds. The third-order valence-corrected chi connectivity index (χ3v) is 4.45. The van der Waals surface area contributed by atoms with Crippen molar-refractivity contribution in [1.29, 1.82) is 0 Å². The number of benzene rings is 2. The fourth-order valence-corrected chi connectivity index (χ4v) is 3.47. The summed E-state index contributed by atoms with van der Waals surface area (Å²) in [7, 11) is 2.13. The third-order valence-electron chi connectivity index (χ3n) is 4.45. The van der Waals surface area contributed by atoms with Crippen LogP contribution in [0.5, 0.6) is 0 Å². The molecular weight excluding hydrogens is 258 g/mol. The van der Waals surface area contributed by atoms with Gasteiger partial charge in [-0.1, -0.05) is 24.3 Å². The highest BCUT2D eigenvalue weighted by atomic mass is 14.9. The van der Waals surface area contributed by atoms with Gasteiger partial charge in [0.15, 0.2) is 0 Å². The molecule has 0 radical (unpaired) electrons. The summed E-state index contributed by atoms with van der Waals surface area (Å²) in [6.07, 6.45) is 3.75. The van der Waals surface area contributed by atoms with Crippen LogP contribution in [0.2, 0.25) is 0 Å². The Bertz CT molecular complexity index is 1140. The molecule has 0 aliphatic heterocycles. The molecule has 3 heterocycles. The lowest BCUT2D eigenvalue weighted by molar-refractivity contribution is 1.01. The summed E-state index contributed by atoms with van der Waals surface area (Å²) < 4.78 is 2.26. The molecule has 0 saturated heterocycles. The van der Waals surface area contributed by atoms with Gasteiger partial charge in [-0.05, 0) is 18.2 Å². The van der Waals surface area contributed by atoms with E-state index < -0.39 is 0 Å². The van der Waals surface area contributed by atoms with Crippen molar-refractivity contribution in [3.63, 3.8) is 0 Å². The van der Waals surface area contributed by atoms with Crippen LogP contribution in [-0.2, 0) is 7.05 Å². The van der Waals surface area contributed by atoms with E-state index in [0.717, 1.165) is 5.52 Å². The van der Waals surface area contributed by atoms with E-state index in [0.29, 0.717) is 0 Å². The van der Waals surface area contributed by atoms with E-state index in [-0.39, 0.29) is 0 Å². The minimum absolute atomic E-state index is 1.09. The first kappa shape index (κ1) is 10.9. The molecule has 3 aromatic heterocycles. The molecule has 5 rings (SSSR count). The van der Waals surface area contributed by atoms with Crippen LogP contribution in [0, 0.1) is 0 Å². The highest BCUT2D eigenvalue weighted by Crippen LogP contribution is 2.36. The number of aromatic amines is 1. The predicted molar refractivity (Wildman–Crippen MR) is 87.6 cm³/mol. The first-order valence-electron chi connectivity index (χ1n) is 7.06. The lowest BCUT2D eigenvalue weighted by Gasteiger charge is -1.97. The van der Waals surface area contributed by atoms with Gasteiger partial charge >= 0.3 is 0 Å². The lowest BCUT2D eigenvalue weighted by Crippen LogP contribution is -1.85. The standard InChI is InChI=1S/C18H13N3/c1-21-15-5-3-2-4-13(15)17-16(21)7-6-12-11-8-9-19-10-14(11)20-18(12)17/h2-10,20H,1H3. The van der Waals surface area contributed by atoms with E-state index in [1.165, 1.54) is 38.1 Å². The zero-order valence-electron chi connectivity index (χ0n) is 11.6. The Morgan fingerprint density at radius 1 is 0.905 bits per heavy atom. The summed E-state index contributed by atoms with van der Waals surface area (Å²) in [5.74, 6) is 0. The number of nitrogens with zero attached hydrogens (tertiary/aromatic N) is 2. The summed E-state index contributed by atoms with van der Waals surface area (Å²) in [5, 5.41) is 5.08. The molecule has 3 heteroatoms. The highest BCUT2D eigenvalue weighted by Gasteiger charge is 2.13. The number of hydrogen-bond donors (Lipinski definition) is 1. The number of rotatable bonds is 0. The number of pyridine rings is 1. The molecule has 100 valence electrons. The molecule has 3 nitrogen and oxygen atoms in total. The molecule has 2 aromatic carbocycles. The maximum atomic E-state index is 4.22. The van der Waals surface area contributed by atoms with Crippen LogP contribution >= 0.6 is 0 Å². The number of para-hydroxylation sites is 1.